The predicted octanol–water partition coefficient (Wildman–Crippen LogP) is 4.14. The number of thioether (sulfide) groups is 1. The van der Waals surface area contributed by atoms with E-state index in [1.54, 1.807) is 16.4 Å². The van der Waals surface area contributed by atoms with Gasteiger partial charge in [-0.15, -0.1) is 11.8 Å². The first-order chi connectivity index (χ1) is 8.67. The third-order valence-corrected chi connectivity index (χ3v) is 4.04. The first-order valence-corrected chi connectivity index (χ1v) is 7.91. The Morgan fingerprint density at radius 2 is 2.11 bits per heavy atom. The van der Waals surface area contributed by atoms with Gasteiger partial charge in [0.05, 0.1) is 5.69 Å². The molecule has 0 unspecified atom stereocenters. The van der Waals surface area contributed by atoms with E-state index in [0.29, 0.717) is 0 Å². The molecule has 3 nitrogen and oxygen atoms in total. The summed E-state index contributed by atoms with van der Waals surface area (Å²) in [5.74, 6) is 1.67. The molecule has 1 aromatic heterocycles. The molecule has 2 aromatic rings. The lowest BCUT2D eigenvalue weighted by atomic mass is 10.3. The zero-order valence-electron chi connectivity index (χ0n) is 10.6. The van der Waals surface area contributed by atoms with Crippen LogP contribution in [0.3, 0.4) is 0 Å². The smallest absolute Gasteiger partial charge is 0.221 e. The van der Waals surface area contributed by atoms with Crippen molar-refractivity contribution in [3.63, 3.8) is 0 Å². The Balaban J connectivity index is 2.39. The van der Waals surface area contributed by atoms with E-state index in [4.69, 9.17) is 4.74 Å². The van der Waals surface area contributed by atoms with Crippen molar-refractivity contribution >= 4 is 27.7 Å². The number of halogens is 1. The number of ether oxygens (including phenoxy) is 1. The van der Waals surface area contributed by atoms with Gasteiger partial charge in [-0.1, -0.05) is 28.1 Å². The number of hydrogen-bond donors (Lipinski definition) is 0. The van der Waals surface area contributed by atoms with Gasteiger partial charge in [-0.3, -0.25) is 0 Å². The van der Waals surface area contributed by atoms with Crippen molar-refractivity contribution in [2.24, 2.45) is 7.05 Å². The van der Waals surface area contributed by atoms with Gasteiger partial charge in [0.15, 0.2) is 0 Å². The van der Waals surface area contributed by atoms with Crippen LogP contribution < -0.4 is 4.74 Å². The van der Waals surface area contributed by atoms with Gasteiger partial charge in [0, 0.05) is 22.8 Å². The first kappa shape index (κ1) is 13.5. The van der Waals surface area contributed by atoms with Crippen molar-refractivity contribution in [1.82, 2.24) is 9.78 Å². The second-order valence-corrected chi connectivity index (χ2v) is 5.29. The average Bonchev–Trinajstić information content (AvgIpc) is 2.64. The zero-order chi connectivity index (χ0) is 13.1. The highest BCUT2D eigenvalue weighted by atomic mass is 79.9. The molecule has 0 bridgehead atoms. The molecular weight excluding hydrogens is 312 g/mol. The summed E-state index contributed by atoms with van der Waals surface area (Å²) >= 11 is 5.16. The second-order valence-electron chi connectivity index (χ2n) is 3.88. The van der Waals surface area contributed by atoms with Gasteiger partial charge < -0.3 is 4.74 Å². The number of benzene rings is 1. The summed E-state index contributed by atoms with van der Waals surface area (Å²) in [5, 5.41) is 5.13. The van der Waals surface area contributed by atoms with Gasteiger partial charge in [-0.2, -0.15) is 5.10 Å². The minimum Gasteiger partial charge on any atom is -0.438 e. The Morgan fingerprint density at radius 1 is 1.39 bits per heavy atom. The van der Waals surface area contributed by atoms with Gasteiger partial charge in [-0.05, 0) is 25.3 Å². The topological polar surface area (TPSA) is 27.1 Å². The molecule has 0 saturated heterocycles. The van der Waals surface area contributed by atoms with Gasteiger partial charge in [0.1, 0.15) is 5.75 Å². The number of aryl methyl sites for hydroxylation is 2. The molecule has 2 rings (SSSR count). The number of alkyl halides is 1. The molecule has 1 aromatic carbocycles. The van der Waals surface area contributed by atoms with Crippen LogP contribution in [0.25, 0.3) is 0 Å². The van der Waals surface area contributed by atoms with Crippen LogP contribution in [0.4, 0.5) is 0 Å². The largest absolute Gasteiger partial charge is 0.438 e. The SMILES string of the molecule is CSc1ccccc1Oc1c(CBr)c(C)nn1C. The van der Waals surface area contributed by atoms with Gasteiger partial charge in [-0.25, -0.2) is 4.68 Å². The Hall–Kier alpha value is -0.940. The molecule has 5 heteroatoms. The van der Waals surface area contributed by atoms with Crippen LogP contribution in [0, 0.1) is 6.92 Å². The fourth-order valence-corrected chi connectivity index (χ4v) is 2.94. The van der Waals surface area contributed by atoms with Crippen LogP contribution >= 0.6 is 27.7 Å². The van der Waals surface area contributed by atoms with E-state index in [9.17, 15) is 0 Å². The Bertz CT molecular complexity index is 554. The van der Waals surface area contributed by atoms with Gasteiger partial charge in [0.2, 0.25) is 5.88 Å². The lowest BCUT2D eigenvalue weighted by Crippen LogP contribution is -1.97. The van der Waals surface area contributed by atoms with E-state index in [1.165, 1.54) is 0 Å². The lowest BCUT2D eigenvalue weighted by Gasteiger charge is -2.10. The molecule has 0 aliphatic rings. The van der Waals surface area contributed by atoms with Crippen LogP contribution in [-0.4, -0.2) is 16.0 Å². The predicted molar refractivity (Wildman–Crippen MR) is 78.9 cm³/mol. The summed E-state index contributed by atoms with van der Waals surface area (Å²) in [6.45, 7) is 1.99. The van der Waals surface area contributed by atoms with E-state index < -0.39 is 0 Å². The molecule has 0 spiro atoms. The number of aromatic nitrogens is 2. The second kappa shape index (κ2) is 5.80. The van der Waals surface area contributed by atoms with E-state index in [-0.39, 0.29) is 0 Å². The lowest BCUT2D eigenvalue weighted by molar-refractivity contribution is 0.419. The fourth-order valence-electron chi connectivity index (χ4n) is 1.77. The third-order valence-electron chi connectivity index (χ3n) is 2.70. The number of hydrogen-bond acceptors (Lipinski definition) is 3. The Labute approximate surface area is 120 Å². The van der Waals surface area contributed by atoms with Crippen LogP contribution in [-0.2, 0) is 12.4 Å². The number of nitrogens with zero attached hydrogens (tertiary/aromatic N) is 2. The maximum Gasteiger partial charge on any atom is 0.221 e. The van der Waals surface area contributed by atoms with Crippen molar-refractivity contribution in [3.8, 4) is 11.6 Å². The maximum absolute atomic E-state index is 6.02. The summed E-state index contributed by atoms with van der Waals surface area (Å²) in [6.07, 6.45) is 2.04. The van der Waals surface area contributed by atoms with E-state index in [0.717, 1.165) is 33.1 Å². The standard InChI is InChI=1S/C13H15BrN2OS/c1-9-10(8-14)13(16(2)15-9)17-11-6-4-5-7-12(11)18-3/h4-7H,8H2,1-3H3. The molecule has 18 heavy (non-hydrogen) atoms. The molecule has 0 radical (unpaired) electrons. The highest BCUT2D eigenvalue weighted by Gasteiger charge is 2.15. The molecule has 0 N–H and O–H groups in total. The summed E-state index contributed by atoms with van der Waals surface area (Å²) in [7, 11) is 1.90. The summed E-state index contributed by atoms with van der Waals surface area (Å²) in [6, 6.07) is 8.02. The van der Waals surface area contributed by atoms with Crippen LogP contribution in [0.1, 0.15) is 11.3 Å². The van der Waals surface area contributed by atoms with Crippen molar-refractivity contribution in [1.29, 1.82) is 0 Å². The minimum atomic E-state index is 0.740. The summed E-state index contributed by atoms with van der Waals surface area (Å²) in [4.78, 5) is 1.12. The summed E-state index contributed by atoms with van der Waals surface area (Å²) in [5.41, 5.74) is 2.08. The summed E-state index contributed by atoms with van der Waals surface area (Å²) < 4.78 is 7.80. The van der Waals surface area contributed by atoms with Crippen LogP contribution in [0.15, 0.2) is 29.2 Å². The number of para-hydroxylation sites is 1. The molecule has 0 amide bonds. The van der Waals surface area contributed by atoms with Crippen molar-refractivity contribution in [3.05, 3.63) is 35.5 Å². The number of rotatable bonds is 4. The monoisotopic (exact) mass is 326 g/mol. The van der Waals surface area contributed by atoms with Crippen molar-refractivity contribution in [2.45, 2.75) is 17.1 Å². The molecule has 0 fully saturated rings. The fraction of sp³-hybridized carbons (Fsp3) is 0.308. The minimum absolute atomic E-state index is 0.740. The Kier molecular flexibility index (Phi) is 4.35. The van der Waals surface area contributed by atoms with E-state index in [2.05, 4.69) is 27.1 Å². The Morgan fingerprint density at radius 3 is 2.78 bits per heavy atom. The quantitative estimate of drug-likeness (QED) is 0.624. The molecule has 1 heterocycles. The maximum atomic E-state index is 6.02. The molecule has 0 saturated carbocycles. The zero-order valence-corrected chi connectivity index (χ0v) is 13.0. The third kappa shape index (κ3) is 2.57. The van der Waals surface area contributed by atoms with E-state index >= 15 is 0 Å². The molecule has 0 atom stereocenters. The van der Waals surface area contributed by atoms with Gasteiger partial charge >= 0.3 is 0 Å². The molecule has 0 aliphatic heterocycles. The van der Waals surface area contributed by atoms with Crippen LogP contribution in [0.5, 0.6) is 11.6 Å². The molecule has 96 valence electrons. The van der Waals surface area contributed by atoms with Crippen molar-refractivity contribution < 1.29 is 4.74 Å². The average molecular weight is 327 g/mol. The molecule has 0 aliphatic carbocycles. The highest BCUT2D eigenvalue weighted by molar-refractivity contribution is 9.08. The normalized spacial score (nSPS) is 10.7. The van der Waals surface area contributed by atoms with Crippen molar-refractivity contribution in [2.75, 3.05) is 6.26 Å². The highest BCUT2D eigenvalue weighted by Crippen LogP contribution is 2.34. The van der Waals surface area contributed by atoms with Crippen LogP contribution in [0.2, 0.25) is 0 Å². The van der Waals surface area contributed by atoms with E-state index in [1.807, 2.05) is 38.4 Å². The first-order valence-electron chi connectivity index (χ1n) is 5.56. The van der Waals surface area contributed by atoms with Gasteiger partial charge in [0.25, 0.3) is 0 Å². The molecular formula is C13H15BrN2OS.